The maximum absolute atomic E-state index is 12.6. The quantitative estimate of drug-likeness (QED) is 0.511. The molecule has 10 nitrogen and oxygen atoms in total. The van der Waals surface area contributed by atoms with Crippen molar-refractivity contribution < 1.29 is 9.72 Å². The minimum absolute atomic E-state index is 0.0407. The second-order valence-electron chi connectivity index (χ2n) is 8.18. The Labute approximate surface area is 187 Å². The molecule has 170 valence electrons. The molecule has 2 aromatic rings. The number of aromatic nitrogens is 2. The molecule has 2 fully saturated rings. The highest BCUT2D eigenvalue weighted by Crippen LogP contribution is 2.31. The van der Waals surface area contributed by atoms with Crippen molar-refractivity contribution in [3.63, 3.8) is 0 Å². The van der Waals surface area contributed by atoms with E-state index in [0.29, 0.717) is 38.2 Å². The summed E-state index contributed by atoms with van der Waals surface area (Å²) in [6, 6.07) is 8.62. The molecule has 1 aromatic heterocycles. The first kappa shape index (κ1) is 21.9. The fraction of sp³-hybridized carbons (Fsp3) is 0.500. The highest BCUT2D eigenvalue weighted by Gasteiger charge is 2.28. The second kappa shape index (κ2) is 10.4. The van der Waals surface area contributed by atoms with Crippen LogP contribution in [0.2, 0.25) is 0 Å². The van der Waals surface area contributed by atoms with E-state index in [0.717, 1.165) is 38.7 Å². The first-order valence-electron chi connectivity index (χ1n) is 11.1. The number of carbonyl (C=O) groups is 1. The summed E-state index contributed by atoms with van der Waals surface area (Å²) in [5, 5.41) is 14.4. The third-order valence-electron chi connectivity index (χ3n) is 6.22. The van der Waals surface area contributed by atoms with Crippen LogP contribution in [-0.2, 0) is 4.79 Å². The van der Waals surface area contributed by atoms with Crippen molar-refractivity contribution in [2.45, 2.75) is 12.8 Å². The summed E-state index contributed by atoms with van der Waals surface area (Å²) in [6.07, 6.45) is 4.92. The zero-order chi connectivity index (χ0) is 22.3. The van der Waals surface area contributed by atoms with E-state index in [9.17, 15) is 14.9 Å². The van der Waals surface area contributed by atoms with Gasteiger partial charge in [-0.05, 0) is 25.0 Å². The van der Waals surface area contributed by atoms with Crippen molar-refractivity contribution in [3.8, 4) is 0 Å². The number of nitrogens with one attached hydrogen (secondary N) is 1. The molecule has 32 heavy (non-hydrogen) atoms. The first-order chi connectivity index (χ1) is 15.6. The van der Waals surface area contributed by atoms with Crippen LogP contribution in [0.5, 0.6) is 0 Å². The topological polar surface area (TPSA) is 108 Å². The highest BCUT2D eigenvalue weighted by molar-refractivity contribution is 5.79. The number of amides is 1. The Morgan fingerprint density at radius 1 is 1.00 bits per heavy atom. The number of para-hydroxylation sites is 2. The summed E-state index contributed by atoms with van der Waals surface area (Å²) < 4.78 is 0. The normalized spacial score (nSPS) is 17.9. The van der Waals surface area contributed by atoms with E-state index < -0.39 is 0 Å². The maximum Gasteiger partial charge on any atom is 0.292 e. The number of hydrogen-bond donors (Lipinski definition) is 1. The van der Waals surface area contributed by atoms with Crippen molar-refractivity contribution in [2.75, 3.05) is 62.2 Å². The van der Waals surface area contributed by atoms with Gasteiger partial charge in [-0.15, -0.1) is 0 Å². The third-order valence-corrected chi connectivity index (χ3v) is 6.22. The van der Waals surface area contributed by atoms with E-state index in [4.69, 9.17) is 0 Å². The standard InChI is InChI=1S/C22H29N7O3/c30-21(18-6-11-27(12-7-18)19-4-1-2-5-20(19)29(31)32)23-10-13-26-14-16-28(17-15-26)22-24-8-3-9-25-22/h1-5,8-9,18H,6-7,10-17H2,(H,23,30). The Morgan fingerprint density at radius 3 is 2.38 bits per heavy atom. The molecule has 10 heteroatoms. The third kappa shape index (κ3) is 5.31. The van der Waals surface area contributed by atoms with Crippen molar-refractivity contribution in [3.05, 3.63) is 52.8 Å². The van der Waals surface area contributed by atoms with Crippen LogP contribution in [0.4, 0.5) is 17.3 Å². The SMILES string of the molecule is O=C(NCCN1CCN(c2ncccn2)CC1)C1CCN(c2ccccc2[N+](=O)[O-])CC1. The van der Waals surface area contributed by atoms with Crippen LogP contribution in [0, 0.1) is 16.0 Å². The van der Waals surface area contributed by atoms with Gasteiger partial charge in [-0.3, -0.25) is 19.8 Å². The van der Waals surface area contributed by atoms with E-state index in [1.807, 2.05) is 17.0 Å². The van der Waals surface area contributed by atoms with E-state index >= 15 is 0 Å². The number of piperazine rings is 1. The molecule has 1 N–H and O–H groups in total. The number of hydrogen-bond acceptors (Lipinski definition) is 8. The Bertz CT molecular complexity index is 911. The van der Waals surface area contributed by atoms with E-state index in [1.165, 1.54) is 6.07 Å². The van der Waals surface area contributed by atoms with Crippen LogP contribution in [0.15, 0.2) is 42.7 Å². The summed E-state index contributed by atoms with van der Waals surface area (Å²) in [4.78, 5) is 38.7. The van der Waals surface area contributed by atoms with Gasteiger partial charge in [0.1, 0.15) is 5.69 Å². The van der Waals surface area contributed by atoms with Gasteiger partial charge < -0.3 is 15.1 Å². The Kier molecular flexibility index (Phi) is 7.10. The predicted octanol–water partition coefficient (Wildman–Crippen LogP) is 1.54. The zero-order valence-corrected chi connectivity index (χ0v) is 18.1. The zero-order valence-electron chi connectivity index (χ0n) is 18.1. The molecule has 0 atom stereocenters. The summed E-state index contributed by atoms with van der Waals surface area (Å²) in [5.41, 5.74) is 0.755. The minimum Gasteiger partial charge on any atom is -0.366 e. The molecule has 0 spiro atoms. The van der Waals surface area contributed by atoms with E-state index in [2.05, 4.69) is 25.1 Å². The Hall–Kier alpha value is -3.27. The monoisotopic (exact) mass is 439 g/mol. The molecule has 1 amide bonds. The minimum atomic E-state index is -0.346. The molecule has 2 aliphatic heterocycles. The number of carbonyl (C=O) groups excluding carboxylic acids is 1. The van der Waals surface area contributed by atoms with Crippen molar-refractivity contribution in [2.24, 2.45) is 5.92 Å². The number of nitro benzene ring substituents is 1. The molecule has 0 radical (unpaired) electrons. The molecule has 2 aliphatic rings. The summed E-state index contributed by atoms with van der Waals surface area (Å²) in [6.45, 7) is 6.34. The first-order valence-corrected chi connectivity index (χ1v) is 11.1. The van der Waals surface area contributed by atoms with E-state index in [1.54, 1.807) is 24.5 Å². The van der Waals surface area contributed by atoms with Crippen LogP contribution >= 0.6 is 0 Å². The van der Waals surface area contributed by atoms with Gasteiger partial charge in [0, 0.05) is 76.7 Å². The molecule has 3 heterocycles. The lowest BCUT2D eigenvalue weighted by molar-refractivity contribution is -0.384. The van der Waals surface area contributed by atoms with Crippen LogP contribution in [0.3, 0.4) is 0 Å². The number of anilines is 2. The molecule has 2 saturated heterocycles. The lowest BCUT2D eigenvalue weighted by Crippen LogP contribution is -2.49. The summed E-state index contributed by atoms with van der Waals surface area (Å²) >= 11 is 0. The van der Waals surface area contributed by atoms with Gasteiger partial charge in [0.15, 0.2) is 0 Å². The van der Waals surface area contributed by atoms with Gasteiger partial charge in [0.05, 0.1) is 4.92 Å². The van der Waals surface area contributed by atoms with Gasteiger partial charge in [-0.2, -0.15) is 0 Å². The smallest absolute Gasteiger partial charge is 0.292 e. The van der Waals surface area contributed by atoms with Crippen LogP contribution in [0.1, 0.15) is 12.8 Å². The largest absolute Gasteiger partial charge is 0.366 e. The van der Waals surface area contributed by atoms with Gasteiger partial charge >= 0.3 is 0 Å². The van der Waals surface area contributed by atoms with Crippen molar-refractivity contribution in [1.29, 1.82) is 0 Å². The average Bonchev–Trinajstić information content (AvgIpc) is 2.85. The molecular formula is C22H29N7O3. The number of nitrogens with zero attached hydrogens (tertiary/aromatic N) is 6. The summed E-state index contributed by atoms with van der Waals surface area (Å²) in [5.74, 6) is 0.817. The molecule has 0 aliphatic carbocycles. The lowest BCUT2D eigenvalue weighted by Gasteiger charge is -2.35. The van der Waals surface area contributed by atoms with Gasteiger partial charge in [0.2, 0.25) is 11.9 Å². The van der Waals surface area contributed by atoms with Gasteiger partial charge in [-0.1, -0.05) is 12.1 Å². The predicted molar refractivity (Wildman–Crippen MR) is 122 cm³/mol. The molecule has 4 rings (SSSR count). The number of piperidine rings is 1. The van der Waals surface area contributed by atoms with Gasteiger partial charge in [-0.25, -0.2) is 9.97 Å². The fourth-order valence-corrected chi connectivity index (χ4v) is 4.38. The second-order valence-corrected chi connectivity index (χ2v) is 8.18. The number of rotatable bonds is 7. The Balaban J connectivity index is 1.17. The average molecular weight is 440 g/mol. The van der Waals surface area contributed by atoms with Crippen molar-refractivity contribution >= 4 is 23.2 Å². The molecule has 0 unspecified atom stereocenters. The Morgan fingerprint density at radius 2 is 1.69 bits per heavy atom. The van der Waals surface area contributed by atoms with E-state index in [-0.39, 0.29) is 22.4 Å². The fourth-order valence-electron chi connectivity index (χ4n) is 4.38. The van der Waals surface area contributed by atoms with Crippen molar-refractivity contribution in [1.82, 2.24) is 20.2 Å². The van der Waals surface area contributed by atoms with Crippen LogP contribution in [-0.4, -0.2) is 78.1 Å². The van der Waals surface area contributed by atoms with Crippen LogP contribution in [0.25, 0.3) is 0 Å². The summed E-state index contributed by atoms with van der Waals surface area (Å²) in [7, 11) is 0. The number of benzene rings is 1. The molecule has 0 saturated carbocycles. The highest BCUT2D eigenvalue weighted by atomic mass is 16.6. The lowest BCUT2D eigenvalue weighted by atomic mass is 9.95. The molecule has 1 aromatic carbocycles. The van der Waals surface area contributed by atoms with Crippen LogP contribution < -0.4 is 15.1 Å². The van der Waals surface area contributed by atoms with Gasteiger partial charge in [0.25, 0.3) is 5.69 Å². The molecule has 0 bridgehead atoms. The number of nitro groups is 1. The maximum atomic E-state index is 12.6. The molecular weight excluding hydrogens is 410 g/mol.